The van der Waals surface area contributed by atoms with E-state index in [4.69, 9.17) is 9.15 Å². The van der Waals surface area contributed by atoms with Crippen molar-refractivity contribution in [1.29, 1.82) is 0 Å². The second kappa shape index (κ2) is 3.35. The maximum atomic E-state index is 5.30. The minimum Gasteiger partial charge on any atom is -0.496 e. The molecular formula is C9H6Br2O2. The fraction of sp³-hybridized carbons (Fsp3) is 0.111. The highest BCUT2D eigenvalue weighted by Crippen LogP contribution is 2.38. The van der Waals surface area contributed by atoms with E-state index in [9.17, 15) is 0 Å². The Kier molecular flexibility index (Phi) is 2.34. The van der Waals surface area contributed by atoms with Crippen molar-refractivity contribution in [3.8, 4) is 5.75 Å². The van der Waals surface area contributed by atoms with Gasteiger partial charge in [0.2, 0.25) is 0 Å². The highest BCUT2D eigenvalue weighted by atomic mass is 79.9. The Hall–Kier alpha value is -0.480. The van der Waals surface area contributed by atoms with Gasteiger partial charge >= 0.3 is 0 Å². The predicted octanol–water partition coefficient (Wildman–Crippen LogP) is 3.97. The summed E-state index contributed by atoms with van der Waals surface area (Å²) in [5.74, 6) is 0.792. The molecule has 0 saturated carbocycles. The zero-order valence-corrected chi connectivity index (χ0v) is 9.98. The molecule has 4 heteroatoms. The fourth-order valence-electron chi connectivity index (χ4n) is 1.19. The standard InChI is InChI=1S/C9H6Br2O2/c1-12-7-4-6(10)9-5(8(7)11)2-3-13-9/h2-4H,1H3. The molecule has 13 heavy (non-hydrogen) atoms. The van der Waals surface area contributed by atoms with Gasteiger partial charge in [0.15, 0.2) is 0 Å². The molecule has 0 amide bonds. The maximum absolute atomic E-state index is 5.30. The second-order valence-electron chi connectivity index (χ2n) is 2.54. The van der Waals surface area contributed by atoms with Gasteiger partial charge in [-0.1, -0.05) is 0 Å². The van der Waals surface area contributed by atoms with Crippen LogP contribution in [0.25, 0.3) is 11.0 Å². The summed E-state index contributed by atoms with van der Waals surface area (Å²) in [5, 5.41) is 1.01. The summed E-state index contributed by atoms with van der Waals surface area (Å²) in [7, 11) is 1.64. The van der Waals surface area contributed by atoms with Crippen molar-refractivity contribution in [2.45, 2.75) is 0 Å². The van der Waals surface area contributed by atoms with Gasteiger partial charge in [-0.3, -0.25) is 0 Å². The highest BCUT2D eigenvalue weighted by Gasteiger charge is 2.11. The number of rotatable bonds is 1. The zero-order chi connectivity index (χ0) is 9.42. The summed E-state index contributed by atoms with van der Waals surface area (Å²) in [4.78, 5) is 0. The van der Waals surface area contributed by atoms with Crippen molar-refractivity contribution in [2.24, 2.45) is 0 Å². The summed E-state index contributed by atoms with van der Waals surface area (Å²) < 4.78 is 12.3. The average molecular weight is 306 g/mol. The first kappa shape index (κ1) is 9.09. The second-order valence-corrected chi connectivity index (χ2v) is 4.19. The molecule has 2 nitrogen and oxygen atoms in total. The SMILES string of the molecule is COc1cc(Br)c2occc2c1Br. The number of methoxy groups -OCH3 is 1. The van der Waals surface area contributed by atoms with Crippen molar-refractivity contribution < 1.29 is 9.15 Å². The van der Waals surface area contributed by atoms with Crippen LogP contribution < -0.4 is 4.74 Å². The minimum absolute atomic E-state index is 0.792. The fourth-order valence-corrected chi connectivity index (χ4v) is 2.30. The molecule has 0 atom stereocenters. The summed E-state index contributed by atoms with van der Waals surface area (Å²) in [6.45, 7) is 0. The molecule has 0 spiro atoms. The number of hydrogen-bond acceptors (Lipinski definition) is 2. The molecule has 68 valence electrons. The molecule has 0 radical (unpaired) electrons. The van der Waals surface area contributed by atoms with Crippen LogP contribution in [0, 0.1) is 0 Å². The number of benzene rings is 1. The van der Waals surface area contributed by atoms with Crippen LogP contribution in [0.15, 0.2) is 31.8 Å². The molecule has 0 bridgehead atoms. The topological polar surface area (TPSA) is 22.4 Å². The van der Waals surface area contributed by atoms with Crippen molar-refractivity contribution in [1.82, 2.24) is 0 Å². The number of ether oxygens (including phenoxy) is 1. The smallest absolute Gasteiger partial charge is 0.149 e. The first-order chi connectivity index (χ1) is 6.24. The Morgan fingerprint density at radius 2 is 2.15 bits per heavy atom. The molecule has 2 aromatic rings. The number of fused-ring (bicyclic) bond motifs is 1. The molecule has 1 aromatic heterocycles. The number of hydrogen-bond donors (Lipinski definition) is 0. The van der Waals surface area contributed by atoms with E-state index in [-0.39, 0.29) is 0 Å². The van der Waals surface area contributed by atoms with Gasteiger partial charge in [-0.15, -0.1) is 0 Å². The van der Waals surface area contributed by atoms with Crippen LogP contribution in [0.1, 0.15) is 0 Å². The molecule has 0 aliphatic rings. The summed E-state index contributed by atoms with van der Waals surface area (Å²) >= 11 is 6.86. The molecule has 2 rings (SSSR count). The normalized spacial score (nSPS) is 10.7. The van der Waals surface area contributed by atoms with Gasteiger partial charge in [0.05, 0.1) is 22.3 Å². The molecule has 0 unspecified atom stereocenters. The van der Waals surface area contributed by atoms with Gasteiger partial charge < -0.3 is 9.15 Å². The lowest BCUT2D eigenvalue weighted by Crippen LogP contribution is -1.84. The van der Waals surface area contributed by atoms with E-state index in [1.807, 2.05) is 12.1 Å². The highest BCUT2D eigenvalue weighted by molar-refractivity contribution is 9.11. The average Bonchev–Trinajstić information content (AvgIpc) is 2.60. The third-order valence-electron chi connectivity index (χ3n) is 1.81. The Balaban J connectivity index is 2.85. The Labute approximate surface area is 92.1 Å². The van der Waals surface area contributed by atoms with Crippen molar-refractivity contribution in [3.05, 3.63) is 27.3 Å². The van der Waals surface area contributed by atoms with Crippen LogP contribution in [0.3, 0.4) is 0 Å². The van der Waals surface area contributed by atoms with E-state index < -0.39 is 0 Å². The quantitative estimate of drug-likeness (QED) is 0.795. The van der Waals surface area contributed by atoms with Crippen molar-refractivity contribution in [2.75, 3.05) is 7.11 Å². The summed E-state index contributed by atoms with van der Waals surface area (Å²) in [6, 6.07) is 3.77. The molecule has 0 aliphatic heterocycles. The van der Waals surface area contributed by atoms with Crippen molar-refractivity contribution >= 4 is 42.8 Å². The Morgan fingerprint density at radius 3 is 2.85 bits per heavy atom. The molecule has 0 saturated heterocycles. The van der Waals surface area contributed by atoms with Gasteiger partial charge in [0.25, 0.3) is 0 Å². The number of halogens is 2. The van der Waals surface area contributed by atoms with Crippen LogP contribution in [0.5, 0.6) is 5.75 Å². The predicted molar refractivity (Wildman–Crippen MR) is 58.2 cm³/mol. The molecule has 0 aliphatic carbocycles. The van der Waals surface area contributed by atoms with E-state index in [2.05, 4.69) is 31.9 Å². The van der Waals surface area contributed by atoms with Crippen molar-refractivity contribution in [3.63, 3.8) is 0 Å². The van der Waals surface area contributed by atoms with E-state index in [1.54, 1.807) is 13.4 Å². The monoisotopic (exact) mass is 304 g/mol. The molecule has 0 fully saturated rings. The zero-order valence-electron chi connectivity index (χ0n) is 6.80. The van der Waals surface area contributed by atoms with Crippen LogP contribution in [0.2, 0.25) is 0 Å². The van der Waals surface area contributed by atoms with Gasteiger partial charge in [0, 0.05) is 5.39 Å². The lowest BCUT2D eigenvalue weighted by Gasteiger charge is -2.04. The van der Waals surface area contributed by atoms with Gasteiger partial charge in [-0.05, 0) is 44.0 Å². The number of furan rings is 1. The summed E-state index contributed by atoms with van der Waals surface area (Å²) in [5.41, 5.74) is 0.827. The third kappa shape index (κ3) is 1.38. The summed E-state index contributed by atoms with van der Waals surface area (Å²) in [6.07, 6.45) is 1.65. The van der Waals surface area contributed by atoms with Gasteiger partial charge in [-0.25, -0.2) is 0 Å². The maximum Gasteiger partial charge on any atom is 0.149 e. The van der Waals surface area contributed by atoms with Gasteiger partial charge in [-0.2, -0.15) is 0 Å². The van der Waals surface area contributed by atoms with E-state index in [0.717, 1.165) is 25.7 Å². The van der Waals surface area contributed by atoms with E-state index >= 15 is 0 Å². The van der Waals surface area contributed by atoms with Crippen LogP contribution in [-0.4, -0.2) is 7.11 Å². The van der Waals surface area contributed by atoms with Crippen LogP contribution in [-0.2, 0) is 0 Å². The molecule has 1 heterocycles. The van der Waals surface area contributed by atoms with Crippen LogP contribution >= 0.6 is 31.9 Å². The Bertz CT molecular complexity index is 448. The van der Waals surface area contributed by atoms with Crippen LogP contribution in [0.4, 0.5) is 0 Å². The molecular weight excluding hydrogens is 300 g/mol. The first-order valence-electron chi connectivity index (χ1n) is 3.63. The van der Waals surface area contributed by atoms with E-state index in [1.165, 1.54) is 0 Å². The lowest BCUT2D eigenvalue weighted by molar-refractivity contribution is 0.412. The first-order valence-corrected chi connectivity index (χ1v) is 5.22. The van der Waals surface area contributed by atoms with Gasteiger partial charge in [0.1, 0.15) is 11.3 Å². The molecule has 0 N–H and O–H groups in total. The van der Waals surface area contributed by atoms with E-state index in [0.29, 0.717) is 0 Å². The lowest BCUT2D eigenvalue weighted by atomic mass is 10.2. The minimum atomic E-state index is 0.792. The third-order valence-corrected chi connectivity index (χ3v) is 3.22. The Morgan fingerprint density at radius 1 is 1.38 bits per heavy atom. The molecule has 1 aromatic carbocycles. The largest absolute Gasteiger partial charge is 0.496 e.